The third-order valence-electron chi connectivity index (χ3n) is 7.88. The lowest BCUT2D eigenvalue weighted by molar-refractivity contribution is -0.0253. The van der Waals surface area contributed by atoms with Gasteiger partial charge < -0.3 is 15.1 Å². The molecule has 1 spiro atoms. The van der Waals surface area contributed by atoms with E-state index < -0.39 is 15.1 Å². The Morgan fingerprint density at radius 3 is 2.59 bits per heavy atom. The third-order valence-corrected chi connectivity index (χ3v) is 9.90. The molecule has 6 rings (SSSR count). The van der Waals surface area contributed by atoms with Gasteiger partial charge >= 0.3 is 0 Å². The number of aromatic nitrogens is 2. The number of hydrogen-bond acceptors (Lipinski definition) is 7. The minimum Gasteiger partial charge on any atom is -0.440 e. The summed E-state index contributed by atoms with van der Waals surface area (Å²) < 4.78 is 31.3. The number of oxazole rings is 1. The van der Waals surface area contributed by atoms with Gasteiger partial charge in [0.15, 0.2) is 16.5 Å². The van der Waals surface area contributed by atoms with Crippen LogP contribution in [0.5, 0.6) is 0 Å². The molecule has 1 amide bonds. The van der Waals surface area contributed by atoms with Gasteiger partial charge in [-0.3, -0.25) is 4.79 Å². The number of fused-ring (bicyclic) bond motifs is 1. The molecule has 1 aliphatic heterocycles. The van der Waals surface area contributed by atoms with Crippen LogP contribution in [0.25, 0.3) is 11.1 Å². The predicted molar refractivity (Wildman–Crippen MR) is 147 cm³/mol. The average Bonchev–Trinajstić information content (AvgIpc) is 3.22. The topological polar surface area (TPSA) is 114 Å². The summed E-state index contributed by atoms with van der Waals surface area (Å²) in [5.74, 6) is 0.926. The highest BCUT2D eigenvalue weighted by atomic mass is 32.2. The number of amides is 1. The summed E-state index contributed by atoms with van der Waals surface area (Å²) in [6.07, 6.45) is 7.48. The van der Waals surface area contributed by atoms with E-state index in [1.807, 2.05) is 19.9 Å². The Morgan fingerprint density at radius 2 is 1.92 bits per heavy atom. The molecule has 3 aromatic rings. The van der Waals surface area contributed by atoms with Crippen LogP contribution < -0.4 is 10.6 Å². The Balaban J connectivity index is 0.00000103. The number of pyridine rings is 1. The fourth-order valence-electron chi connectivity index (χ4n) is 5.82. The first kappa shape index (κ1) is 25.9. The van der Waals surface area contributed by atoms with Gasteiger partial charge in [0.05, 0.1) is 5.25 Å². The van der Waals surface area contributed by atoms with E-state index in [-0.39, 0.29) is 25.2 Å². The van der Waals surface area contributed by atoms with Crippen LogP contribution in [0.2, 0.25) is 0 Å². The Labute approximate surface area is 221 Å². The lowest BCUT2D eigenvalue weighted by atomic mass is 9.50. The number of nitrogens with one attached hydrogen (secondary N) is 2. The van der Waals surface area contributed by atoms with Gasteiger partial charge in [-0.2, -0.15) is 0 Å². The maximum absolute atomic E-state index is 12.8. The van der Waals surface area contributed by atoms with Gasteiger partial charge in [-0.25, -0.2) is 18.4 Å². The first-order valence-electron chi connectivity index (χ1n) is 13.5. The fraction of sp³-hybridized carbons (Fsp3) is 0.536. The summed E-state index contributed by atoms with van der Waals surface area (Å²) in [7, 11) is -3.51. The van der Waals surface area contributed by atoms with E-state index in [2.05, 4.69) is 34.7 Å². The van der Waals surface area contributed by atoms with Gasteiger partial charge in [-0.15, -0.1) is 0 Å². The fourth-order valence-corrected chi connectivity index (χ4v) is 7.33. The highest BCUT2D eigenvalue weighted by Gasteiger charge is 2.54. The second-order valence-corrected chi connectivity index (χ2v) is 12.7. The molecule has 2 saturated carbocycles. The summed E-state index contributed by atoms with van der Waals surface area (Å²) in [6, 6.07) is 9.35. The monoisotopic (exact) mass is 528 g/mol. The summed E-state index contributed by atoms with van der Waals surface area (Å²) in [5.41, 5.74) is 3.68. The number of aryl methyl sites for hydroxylation is 1. The van der Waals surface area contributed by atoms with Crippen LogP contribution in [0, 0.1) is 5.41 Å². The largest absolute Gasteiger partial charge is 0.440 e. The Bertz CT molecular complexity index is 1390. The molecule has 2 aromatic heterocycles. The highest BCUT2D eigenvalue weighted by Crippen LogP contribution is 2.61. The number of carbonyl (C=O) groups excluding carboxylic acids is 1. The van der Waals surface area contributed by atoms with Crippen molar-refractivity contribution in [2.45, 2.75) is 81.5 Å². The van der Waals surface area contributed by atoms with Crippen molar-refractivity contribution in [1.82, 2.24) is 20.6 Å². The Morgan fingerprint density at radius 1 is 1.16 bits per heavy atom. The van der Waals surface area contributed by atoms with Gasteiger partial charge in [-0.05, 0) is 67.3 Å². The molecule has 9 heteroatoms. The maximum Gasteiger partial charge on any atom is 0.251 e. The van der Waals surface area contributed by atoms with Crippen molar-refractivity contribution in [3.05, 3.63) is 53.5 Å². The molecule has 0 bridgehead atoms. The molecule has 1 aromatic carbocycles. The lowest BCUT2D eigenvalue weighted by Crippen LogP contribution is -2.55. The molecule has 3 fully saturated rings. The Kier molecular flexibility index (Phi) is 7.11. The second-order valence-electron chi connectivity index (χ2n) is 10.5. The SMILES string of the molecule is CC.CCCc1ccc2oc(C3CC4(CC(NC(=O)c5ccnc(S(=O)(=O)C6CNC6)c5)C4)C3)nc2c1.[HH].[HH]. The molecule has 2 aliphatic carbocycles. The molecule has 0 atom stereocenters. The Hall–Kier alpha value is -2.78. The van der Waals surface area contributed by atoms with E-state index in [4.69, 9.17) is 9.40 Å². The van der Waals surface area contributed by atoms with Crippen LogP contribution in [-0.4, -0.2) is 48.7 Å². The lowest BCUT2D eigenvalue weighted by Gasteiger charge is -2.57. The zero-order valence-corrected chi connectivity index (χ0v) is 22.6. The van der Waals surface area contributed by atoms with Crippen LogP contribution >= 0.6 is 0 Å². The first-order valence-corrected chi connectivity index (χ1v) is 15.0. The minimum absolute atomic E-state index is 0. The molecule has 202 valence electrons. The van der Waals surface area contributed by atoms with Crippen LogP contribution in [0.15, 0.2) is 46.0 Å². The van der Waals surface area contributed by atoms with Crippen molar-refractivity contribution in [1.29, 1.82) is 0 Å². The number of nitrogens with zero attached hydrogens (tertiary/aromatic N) is 2. The maximum atomic E-state index is 12.8. The summed E-state index contributed by atoms with van der Waals surface area (Å²) in [5, 5.41) is 5.55. The molecule has 8 nitrogen and oxygen atoms in total. The van der Waals surface area contributed by atoms with Crippen LogP contribution in [0.1, 0.15) is 83.5 Å². The third kappa shape index (κ3) is 4.91. The standard InChI is InChI=1S/C26H30N4O4S.C2H6.2H2/c1-2-3-16-4-5-22-21(8-16)30-25(34-22)18-10-26(11-18)12-19(13-26)29-24(31)17-6-7-28-23(9-17)35(32,33)20-14-27-15-20;1-2;;/h4-9,18-20,27H,2-3,10-15H2,1H3,(H,29,31);1-2H3;2*1H. The quantitative estimate of drug-likeness (QED) is 0.448. The minimum atomic E-state index is -3.51. The molecule has 2 N–H and O–H groups in total. The zero-order valence-electron chi connectivity index (χ0n) is 21.8. The van der Waals surface area contributed by atoms with Crippen LogP contribution in [0.4, 0.5) is 0 Å². The number of hydrogen-bond donors (Lipinski definition) is 2. The van der Waals surface area contributed by atoms with Crippen molar-refractivity contribution >= 4 is 26.8 Å². The molecule has 3 aliphatic rings. The van der Waals surface area contributed by atoms with Crippen LogP contribution in [-0.2, 0) is 16.3 Å². The number of benzene rings is 1. The van der Waals surface area contributed by atoms with Gasteiger partial charge in [-0.1, -0.05) is 33.3 Å². The molecule has 3 heterocycles. The summed E-state index contributed by atoms with van der Waals surface area (Å²) in [4.78, 5) is 21.6. The van der Waals surface area contributed by atoms with E-state index in [0.29, 0.717) is 24.6 Å². The normalized spacial score (nSPS) is 24.9. The van der Waals surface area contributed by atoms with Gasteiger partial charge in [0.2, 0.25) is 9.84 Å². The van der Waals surface area contributed by atoms with Gasteiger partial charge in [0, 0.05) is 39.7 Å². The second kappa shape index (κ2) is 10.2. The first-order chi connectivity index (χ1) is 17.8. The van der Waals surface area contributed by atoms with Gasteiger partial charge in [0.1, 0.15) is 5.52 Å². The van der Waals surface area contributed by atoms with Crippen molar-refractivity contribution in [3.8, 4) is 0 Å². The molecule has 1 saturated heterocycles. The number of sulfone groups is 1. The average molecular weight is 529 g/mol. The van der Waals surface area contributed by atoms with Gasteiger partial charge in [0.25, 0.3) is 5.91 Å². The van der Waals surface area contributed by atoms with E-state index >= 15 is 0 Å². The zero-order chi connectivity index (χ0) is 26.2. The molecule has 37 heavy (non-hydrogen) atoms. The summed E-state index contributed by atoms with van der Waals surface area (Å²) in [6.45, 7) is 7.03. The van der Waals surface area contributed by atoms with Crippen molar-refractivity contribution in [2.24, 2.45) is 5.41 Å². The smallest absolute Gasteiger partial charge is 0.251 e. The number of rotatable bonds is 7. The van der Waals surface area contributed by atoms with Crippen molar-refractivity contribution < 1.29 is 20.5 Å². The summed E-state index contributed by atoms with van der Waals surface area (Å²) >= 11 is 0. The molecule has 0 radical (unpaired) electrons. The van der Waals surface area contributed by atoms with E-state index in [0.717, 1.165) is 55.5 Å². The van der Waals surface area contributed by atoms with Crippen molar-refractivity contribution in [3.63, 3.8) is 0 Å². The molecular weight excluding hydrogens is 488 g/mol. The van der Waals surface area contributed by atoms with E-state index in [1.165, 1.54) is 17.8 Å². The van der Waals surface area contributed by atoms with Crippen LogP contribution in [0.3, 0.4) is 0 Å². The van der Waals surface area contributed by atoms with Crippen molar-refractivity contribution in [2.75, 3.05) is 13.1 Å². The molecular formula is C28H40N4O4S. The molecule has 0 unspecified atom stereocenters. The van der Waals surface area contributed by atoms with E-state index in [1.54, 1.807) is 6.07 Å². The predicted octanol–water partition coefficient (Wildman–Crippen LogP) is 4.90. The highest BCUT2D eigenvalue weighted by molar-refractivity contribution is 7.92. The number of carbonyl (C=O) groups is 1. The van der Waals surface area contributed by atoms with E-state index in [9.17, 15) is 13.2 Å².